The minimum atomic E-state index is -0.431. The highest BCUT2D eigenvalue weighted by Crippen LogP contribution is 2.29. The first kappa shape index (κ1) is 16.2. The Labute approximate surface area is 135 Å². The summed E-state index contributed by atoms with van der Waals surface area (Å²) in [6.45, 7) is 5.88. The van der Waals surface area contributed by atoms with E-state index < -0.39 is 5.97 Å². The topological polar surface area (TPSA) is 52.3 Å². The maximum absolute atomic E-state index is 11.8. The molecule has 0 saturated heterocycles. The number of anilines is 1. The molecule has 0 heterocycles. The second-order valence-electron chi connectivity index (χ2n) is 4.72. The van der Waals surface area contributed by atoms with Gasteiger partial charge in [0.2, 0.25) is 0 Å². The normalized spacial score (nSPS) is 10.2. The Kier molecular flexibility index (Phi) is 5.67. The summed E-state index contributed by atoms with van der Waals surface area (Å²) in [6.07, 6.45) is 0. The van der Waals surface area contributed by atoms with Crippen LogP contribution in [0, 0.1) is 0 Å². The van der Waals surface area contributed by atoms with E-state index in [1.807, 2.05) is 30.3 Å². The van der Waals surface area contributed by atoms with E-state index in [1.165, 1.54) is 5.56 Å². The van der Waals surface area contributed by atoms with Crippen LogP contribution in [0.4, 0.5) is 5.69 Å². The first-order valence-corrected chi connectivity index (χ1v) is 8.03. The molecule has 4 heteroatoms. The van der Waals surface area contributed by atoms with Crippen molar-refractivity contribution >= 4 is 29.0 Å². The molecule has 0 amide bonds. The maximum Gasteiger partial charge on any atom is 0.338 e. The minimum Gasteiger partial charge on any atom is -0.462 e. The number of nitrogens with two attached hydrogens (primary N) is 1. The molecule has 0 aliphatic heterocycles. The molecule has 0 bridgehead atoms. The van der Waals surface area contributed by atoms with Gasteiger partial charge < -0.3 is 10.5 Å². The van der Waals surface area contributed by atoms with Gasteiger partial charge in [0.25, 0.3) is 0 Å². The Balaban J connectivity index is 2.13. The molecule has 0 radical (unpaired) electrons. The molecule has 2 N–H and O–H groups in total. The standard InChI is InChI=1S/C18H19NO2S/c1-3-21-18(20)13(2)16-11-15(9-10-17(16)19)22-12-14-7-5-4-6-8-14/h4-11H,2-3,12,19H2,1H3. The zero-order chi connectivity index (χ0) is 15.9. The number of hydrogen-bond donors (Lipinski definition) is 1. The highest BCUT2D eigenvalue weighted by atomic mass is 32.2. The monoisotopic (exact) mass is 313 g/mol. The third kappa shape index (κ3) is 4.15. The number of esters is 1. The van der Waals surface area contributed by atoms with Crippen LogP contribution in [0.2, 0.25) is 0 Å². The quantitative estimate of drug-likeness (QED) is 0.377. The Hall–Kier alpha value is -2.20. The van der Waals surface area contributed by atoms with Crippen LogP contribution in [0.1, 0.15) is 18.1 Å². The van der Waals surface area contributed by atoms with Crippen LogP contribution in [0.15, 0.2) is 60.0 Å². The van der Waals surface area contributed by atoms with Crippen molar-refractivity contribution in [1.29, 1.82) is 0 Å². The van der Waals surface area contributed by atoms with Gasteiger partial charge in [-0.2, -0.15) is 0 Å². The average molecular weight is 313 g/mol. The van der Waals surface area contributed by atoms with Gasteiger partial charge in [0.15, 0.2) is 0 Å². The summed E-state index contributed by atoms with van der Waals surface area (Å²) in [5.41, 5.74) is 8.66. The van der Waals surface area contributed by atoms with E-state index in [0.717, 1.165) is 10.6 Å². The van der Waals surface area contributed by atoms with E-state index in [-0.39, 0.29) is 0 Å². The second kappa shape index (κ2) is 7.71. The van der Waals surface area contributed by atoms with E-state index in [2.05, 4.69) is 18.7 Å². The fourth-order valence-electron chi connectivity index (χ4n) is 1.96. The van der Waals surface area contributed by atoms with Crippen molar-refractivity contribution in [2.75, 3.05) is 12.3 Å². The van der Waals surface area contributed by atoms with E-state index in [0.29, 0.717) is 23.4 Å². The molecule has 0 saturated carbocycles. The summed E-state index contributed by atoms with van der Waals surface area (Å²) in [4.78, 5) is 12.8. The van der Waals surface area contributed by atoms with Crippen molar-refractivity contribution in [3.05, 3.63) is 66.2 Å². The predicted octanol–water partition coefficient (Wildman–Crippen LogP) is 4.14. The summed E-state index contributed by atoms with van der Waals surface area (Å²) in [5, 5.41) is 0. The van der Waals surface area contributed by atoms with Gasteiger partial charge in [-0.05, 0) is 30.7 Å². The number of benzene rings is 2. The van der Waals surface area contributed by atoms with Gasteiger partial charge in [0.05, 0.1) is 12.2 Å². The molecule has 2 aromatic carbocycles. The van der Waals surface area contributed by atoms with Crippen LogP contribution < -0.4 is 5.73 Å². The number of thioether (sulfide) groups is 1. The first-order chi connectivity index (χ1) is 10.6. The molecule has 114 valence electrons. The molecule has 3 nitrogen and oxygen atoms in total. The second-order valence-corrected chi connectivity index (χ2v) is 5.77. The van der Waals surface area contributed by atoms with Crippen LogP contribution in [-0.2, 0) is 15.3 Å². The number of nitrogen functional groups attached to an aromatic ring is 1. The summed E-state index contributed by atoms with van der Waals surface area (Å²) in [5.74, 6) is 0.426. The van der Waals surface area contributed by atoms with Crippen molar-refractivity contribution in [3.63, 3.8) is 0 Å². The summed E-state index contributed by atoms with van der Waals surface area (Å²) < 4.78 is 4.98. The largest absolute Gasteiger partial charge is 0.462 e. The summed E-state index contributed by atoms with van der Waals surface area (Å²) in [7, 11) is 0. The van der Waals surface area contributed by atoms with E-state index in [9.17, 15) is 4.79 Å². The number of ether oxygens (including phenoxy) is 1. The number of hydrogen-bond acceptors (Lipinski definition) is 4. The molecule has 2 aromatic rings. The lowest BCUT2D eigenvalue weighted by Crippen LogP contribution is -2.07. The maximum atomic E-state index is 11.8. The van der Waals surface area contributed by atoms with Crippen molar-refractivity contribution in [2.45, 2.75) is 17.6 Å². The van der Waals surface area contributed by atoms with Gasteiger partial charge in [0, 0.05) is 21.9 Å². The third-order valence-corrected chi connectivity index (χ3v) is 4.18. The van der Waals surface area contributed by atoms with E-state index in [1.54, 1.807) is 24.8 Å². The highest BCUT2D eigenvalue weighted by molar-refractivity contribution is 7.98. The zero-order valence-electron chi connectivity index (χ0n) is 12.5. The smallest absolute Gasteiger partial charge is 0.338 e. The first-order valence-electron chi connectivity index (χ1n) is 7.04. The lowest BCUT2D eigenvalue weighted by Gasteiger charge is -2.10. The Bertz CT molecular complexity index is 668. The molecular weight excluding hydrogens is 294 g/mol. The Morgan fingerprint density at radius 2 is 1.95 bits per heavy atom. The molecule has 0 aliphatic rings. The Morgan fingerprint density at radius 3 is 2.64 bits per heavy atom. The van der Waals surface area contributed by atoms with Crippen molar-refractivity contribution < 1.29 is 9.53 Å². The molecule has 22 heavy (non-hydrogen) atoms. The van der Waals surface area contributed by atoms with Crippen molar-refractivity contribution in [3.8, 4) is 0 Å². The third-order valence-electron chi connectivity index (χ3n) is 3.12. The minimum absolute atomic E-state index is 0.293. The fourth-order valence-corrected chi connectivity index (χ4v) is 2.85. The average Bonchev–Trinajstić information content (AvgIpc) is 2.54. The van der Waals surface area contributed by atoms with E-state index in [4.69, 9.17) is 10.5 Å². The summed E-state index contributed by atoms with van der Waals surface area (Å²) in [6, 6.07) is 15.9. The molecule has 0 aromatic heterocycles. The van der Waals surface area contributed by atoms with Gasteiger partial charge in [-0.15, -0.1) is 11.8 Å². The predicted molar refractivity (Wildman–Crippen MR) is 92.5 cm³/mol. The fraction of sp³-hybridized carbons (Fsp3) is 0.167. The molecule has 0 atom stereocenters. The van der Waals surface area contributed by atoms with Crippen LogP contribution in [-0.4, -0.2) is 12.6 Å². The molecule has 2 rings (SSSR count). The van der Waals surface area contributed by atoms with Crippen LogP contribution >= 0.6 is 11.8 Å². The van der Waals surface area contributed by atoms with Crippen LogP contribution in [0.3, 0.4) is 0 Å². The van der Waals surface area contributed by atoms with Gasteiger partial charge >= 0.3 is 5.97 Å². The lowest BCUT2D eigenvalue weighted by molar-refractivity contribution is -0.136. The van der Waals surface area contributed by atoms with Crippen molar-refractivity contribution in [2.24, 2.45) is 0 Å². The zero-order valence-corrected chi connectivity index (χ0v) is 13.4. The molecule has 0 fully saturated rings. The Morgan fingerprint density at radius 1 is 1.23 bits per heavy atom. The summed E-state index contributed by atoms with van der Waals surface area (Å²) >= 11 is 1.69. The highest BCUT2D eigenvalue weighted by Gasteiger charge is 2.14. The van der Waals surface area contributed by atoms with Crippen LogP contribution in [0.25, 0.3) is 5.57 Å². The van der Waals surface area contributed by atoms with Gasteiger partial charge in [-0.25, -0.2) is 4.79 Å². The van der Waals surface area contributed by atoms with Crippen molar-refractivity contribution in [1.82, 2.24) is 0 Å². The molecule has 0 aliphatic carbocycles. The van der Waals surface area contributed by atoms with Crippen LogP contribution in [0.5, 0.6) is 0 Å². The molecule has 0 unspecified atom stereocenters. The molecule has 0 spiro atoms. The van der Waals surface area contributed by atoms with Gasteiger partial charge in [-0.3, -0.25) is 0 Å². The molecular formula is C18H19NO2S. The SMILES string of the molecule is C=C(C(=O)OCC)c1cc(SCc2ccccc2)ccc1N. The van der Waals surface area contributed by atoms with Gasteiger partial charge in [0.1, 0.15) is 0 Å². The number of rotatable bonds is 6. The number of carbonyl (C=O) groups is 1. The lowest BCUT2D eigenvalue weighted by atomic mass is 10.1. The van der Waals surface area contributed by atoms with Gasteiger partial charge in [-0.1, -0.05) is 36.9 Å². The van der Waals surface area contributed by atoms with E-state index >= 15 is 0 Å². The number of carbonyl (C=O) groups excluding carboxylic acids is 1.